The molecule has 3 nitrogen and oxygen atoms in total. The van der Waals surface area contributed by atoms with Crippen molar-refractivity contribution in [2.24, 2.45) is 0 Å². The molecule has 0 heterocycles. The summed E-state index contributed by atoms with van der Waals surface area (Å²) in [5.41, 5.74) is 0. The third kappa shape index (κ3) is 4.21. The monoisotopic (exact) mass is 612 g/mol. The second-order valence-electron chi connectivity index (χ2n) is 6.14. The summed E-state index contributed by atoms with van der Waals surface area (Å²) in [6, 6.07) is 0. The van der Waals surface area contributed by atoms with E-state index in [1.807, 2.05) is 0 Å². The molecule has 0 aliphatic rings. The van der Waals surface area contributed by atoms with E-state index in [-0.39, 0.29) is 0 Å². The second-order valence-corrected chi connectivity index (χ2v) is 7.60. The number of hydrogen-bond acceptors (Lipinski definition) is 2. The lowest BCUT2D eigenvalue weighted by Gasteiger charge is -2.43. The van der Waals surface area contributed by atoms with Gasteiger partial charge in [-0.15, -0.1) is 0 Å². The molecule has 0 aliphatic heterocycles. The molecule has 0 unspecified atom stereocenters. The number of alkyl halides is 19. The molecule has 216 valence electrons. The zero-order valence-electron chi connectivity index (χ0n) is 15.1. The molecule has 0 saturated heterocycles. The van der Waals surface area contributed by atoms with Gasteiger partial charge in [-0.3, -0.25) is 4.55 Å². The predicted octanol–water partition coefficient (Wildman–Crippen LogP) is 6.63. The fourth-order valence-electron chi connectivity index (χ4n) is 1.73. The molecule has 36 heavy (non-hydrogen) atoms. The minimum absolute atomic E-state index is 5.09. The molecule has 0 aliphatic carbocycles. The smallest absolute Gasteiger partial charge is 0.281 e. The van der Waals surface area contributed by atoms with Crippen LogP contribution in [0.25, 0.3) is 0 Å². The lowest BCUT2D eigenvalue weighted by Crippen LogP contribution is -2.75. The van der Waals surface area contributed by atoms with Crippen molar-refractivity contribution in [3.05, 3.63) is 11.7 Å². The summed E-state index contributed by atoms with van der Waals surface area (Å²) in [5.74, 6) is -73.1. The zero-order chi connectivity index (χ0) is 30.2. The van der Waals surface area contributed by atoms with Gasteiger partial charge in [0.2, 0.25) is 11.7 Å². The molecule has 0 radical (unpaired) electrons. The van der Waals surface area contributed by atoms with Gasteiger partial charge < -0.3 is 0 Å². The highest BCUT2D eigenvalue weighted by Crippen LogP contribution is 2.65. The van der Waals surface area contributed by atoms with Crippen molar-refractivity contribution in [2.45, 2.75) is 52.9 Å². The van der Waals surface area contributed by atoms with Gasteiger partial charge in [0.1, 0.15) is 0 Å². The quantitative estimate of drug-likeness (QED) is 0.235. The highest BCUT2D eigenvalue weighted by molar-refractivity contribution is 7.87. The third-order valence-corrected chi connectivity index (χ3v) is 4.68. The summed E-state index contributed by atoms with van der Waals surface area (Å²) in [6.45, 7) is 0. The van der Waals surface area contributed by atoms with Gasteiger partial charge in [-0.25, -0.2) is 4.39 Å². The average molecular weight is 612 g/mol. The van der Waals surface area contributed by atoms with E-state index in [1.165, 1.54) is 0 Å². The van der Waals surface area contributed by atoms with Crippen molar-refractivity contribution in [1.29, 1.82) is 0 Å². The SMILES string of the molecule is O=S(=O)(O)C(F)(F)C(F)(F)C(F)(F)C(F)(F)C(F)(F)C(F)(F)C(F)(F)C(F)(F)/C(F)=C(\F)C(F)(F)F. The van der Waals surface area contributed by atoms with Crippen molar-refractivity contribution in [3.63, 3.8) is 0 Å². The van der Waals surface area contributed by atoms with Crippen molar-refractivity contribution in [3.8, 4) is 0 Å². The van der Waals surface area contributed by atoms with Gasteiger partial charge in [-0.2, -0.15) is 96.2 Å². The fourth-order valence-corrected chi connectivity index (χ4v) is 2.18. The standard InChI is InChI=1S/C11HF21O3S/c12-1(2(13)4(16,17)18)3(14,15)5(19,20)6(21,22)7(23,24)8(25,26)9(27,28)10(29,30)11(31,32)36(33,34)35/h(H,33,34,35)/b2-1+. The highest BCUT2D eigenvalue weighted by Gasteiger charge is 2.96. The maximum atomic E-state index is 13.4. The summed E-state index contributed by atoms with van der Waals surface area (Å²) in [4.78, 5) is 0. The van der Waals surface area contributed by atoms with Crippen LogP contribution < -0.4 is 0 Å². The Morgan fingerprint density at radius 2 is 0.694 bits per heavy atom. The van der Waals surface area contributed by atoms with Crippen LogP contribution in [0.4, 0.5) is 92.2 Å². The molecule has 0 amide bonds. The number of allylic oxidation sites excluding steroid dienone is 2. The molecule has 0 atom stereocenters. The molecule has 0 fully saturated rings. The molecular weight excluding hydrogens is 611 g/mol. The molecule has 25 heteroatoms. The van der Waals surface area contributed by atoms with E-state index in [4.69, 9.17) is 4.55 Å². The van der Waals surface area contributed by atoms with Crippen LogP contribution in [0.5, 0.6) is 0 Å². The van der Waals surface area contributed by atoms with E-state index in [1.54, 1.807) is 0 Å². The first-order chi connectivity index (χ1) is 15.1. The van der Waals surface area contributed by atoms with E-state index in [9.17, 15) is 101 Å². The average Bonchev–Trinajstić information content (AvgIpc) is 2.63. The van der Waals surface area contributed by atoms with Crippen LogP contribution in [0, 0.1) is 0 Å². The Morgan fingerprint density at radius 3 is 0.944 bits per heavy atom. The van der Waals surface area contributed by atoms with Crippen molar-refractivity contribution < 1.29 is 105 Å². The van der Waals surface area contributed by atoms with Gasteiger partial charge >= 0.3 is 63.0 Å². The van der Waals surface area contributed by atoms with Gasteiger partial charge in [0.25, 0.3) is 0 Å². The van der Waals surface area contributed by atoms with E-state index in [0.29, 0.717) is 0 Å². The van der Waals surface area contributed by atoms with E-state index in [2.05, 4.69) is 0 Å². The molecule has 0 aromatic carbocycles. The Labute approximate surface area is 181 Å². The van der Waals surface area contributed by atoms with E-state index < -0.39 is 74.7 Å². The van der Waals surface area contributed by atoms with Gasteiger partial charge in [-0.1, -0.05) is 0 Å². The van der Waals surface area contributed by atoms with Crippen molar-refractivity contribution in [1.82, 2.24) is 0 Å². The normalized spacial score (nSPS) is 17.3. The van der Waals surface area contributed by atoms with E-state index >= 15 is 0 Å². The van der Waals surface area contributed by atoms with Gasteiger partial charge in [0.05, 0.1) is 0 Å². The minimum Gasteiger partial charge on any atom is -0.281 e. The molecule has 0 saturated carbocycles. The first kappa shape index (κ1) is 34.2. The first-order valence-electron chi connectivity index (χ1n) is 7.19. The zero-order valence-corrected chi connectivity index (χ0v) is 15.9. The lowest BCUT2D eigenvalue weighted by molar-refractivity contribution is -0.447. The summed E-state index contributed by atoms with van der Waals surface area (Å²) in [6.07, 6.45) is -7.14. The molecule has 0 rings (SSSR count). The molecule has 1 N–H and O–H groups in total. The largest absolute Gasteiger partial charge is 0.445 e. The van der Waals surface area contributed by atoms with E-state index in [0.717, 1.165) is 0 Å². The number of rotatable bonds is 9. The third-order valence-electron chi connectivity index (χ3n) is 3.77. The summed E-state index contributed by atoms with van der Waals surface area (Å²) in [5, 5.41) is -8.03. The summed E-state index contributed by atoms with van der Waals surface area (Å²) < 4.78 is 300. The van der Waals surface area contributed by atoms with Gasteiger partial charge in [0.15, 0.2) is 0 Å². The maximum Gasteiger partial charge on any atom is 0.445 e. The van der Waals surface area contributed by atoms with Crippen molar-refractivity contribution >= 4 is 10.1 Å². The molecular formula is C11HF21O3S. The van der Waals surface area contributed by atoms with Crippen LogP contribution in [-0.4, -0.2) is 65.9 Å². The maximum absolute atomic E-state index is 13.4. The Bertz CT molecular complexity index is 987. The Hall–Kier alpha value is -1.82. The lowest BCUT2D eigenvalue weighted by atomic mass is 9.88. The number of hydrogen-bond donors (Lipinski definition) is 1. The van der Waals surface area contributed by atoms with Crippen LogP contribution in [0.2, 0.25) is 0 Å². The van der Waals surface area contributed by atoms with Gasteiger partial charge in [0, 0.05) is 0 Å². The minimum atomic E-state index is -9.26. The Morgan fingerprint density at radius 1 is 0.444 bits per heavy atom. The van der Waals surface area contributed by atoms with Crippen LogP contribution >= 0.6 is 0 Å². The topological polar surface area (TPSA) is 54.4 Å². The molecule has 0 spiro atoms. The summed E-state index contributed by atoms with van der Waals surface area (Å²) in [7, 11) is -8.07. The van der Waals surface area contributed by atoms with Crippen LogP contribution in [0.15, 0.2) is 11.7 Å². The number of halogens is 21. The van der Waals surface area contributed by atoms with Crippen LogP contribution in [0.3, 0.4) is 0 Å². The van der Waals surface area contributed by atoms with Gasteiger partial charge in [-0.05, 0) is 0 Å². The fraction of sp³-hybridized carbons (Fsp3) is 0.818. The summed E-state index contributed by atoms with van der Waals surface area (Å²) >= 11 is 0. The second kappa shape index (κ2) is 8.34. The van der Waals surface area contributed by atoms with Crippen LogP contribution in [0.1, 0.15) is 0 Å². The van der Waals surface area contributed by atoms with Crippen LogP contribution in [-0.2, 0) is 10.1 Å². The predicted molar refractivity (Wildman–Crippen MR) is 66.4 cm³/mol. The first-order valence-corrected chi connectivity index (χ1v) is 8.63. The Kier molecular flexibility index (Phi) is 7.92. The highest BCUT2D eigenvalue weighted by atomic mass is 32.2. The Balaban J connectivity index is 7.23. The molecule has 0 aromatic heterocycles. The molecule has 0 aromatic rings. The molecule has 0 bridgehead atoms. The van der Waals surface area contributed by atoms with Crippen molar-refractivity contribution in [2.75, 3.05) is 0 Å².